The summed E-state index contributed by atoms with van der Waals surface area (Å²) < 4.78 is 47.4. The molecule has 0 radical (unpaired) electrons. The maximum Gasteiger partial charge on any atom is 0.251 e. The second-order valence-corrected chi connectivity index (χ2v) is 11.1. The number of amides is 1. The van der Waals surface area contributed by atoms with Crippen LogP contribution in [0.15, 0.2) is 60.7 Å². The monoisotopic (exact) mass is 571 g/mol. The Labute approximate surface area is 237 Å². The zero-order valence-corrected chi connectivity index (χ0v) is 23.0. The minimum Gasteiger partial charge on any atom is -0.487 e. The molecule has 9 heteroatoms. The van der Waals surface area contributed by atoms with E-state index in [4.69, 9.17) is 16.3 Å². The lowest BCUT2D eigenvalue weighted by Gasteiger charge is -2.32. The van der Waals surface area contributed by atoms with Crippen molar-refractivity contribution in [1.29, 1.82) is 0 Å². The zero-order chi connectivity index (χ0) is 28.1. The van der Waals surface area contributed by atoms with Crippen LogP contribution in [0.5, 0.6) is 5.75 Å². The number of carbonyl (C=O) groups is 1. The summed E-state index contributed by atoms with van der Waals surface area (Å²) in [6.07, 6.45) is 2.87. The number of hydrogen-bond acceptors (Lipinski definition) is 4. The molecule has 2 aliphatic heterocycles. The lowest BCUT2D eigenvalue weighted by Crippen LogP contribution is -2.44. The number of ether oxygens (including phenoxy) is 1. The van der Waals surface area contributed by atoms with Crippen LogP contribution in [-0.4, -0.2) is 54.0 Å². The summed E-state index contributed by atoms with van der Waals surface area (Å²) in [4.78, 5) is 17.3. The van der Waals surface area contributed by atoms with Crippen molar-refractivity contribution < 1.29 is 22.7 Å². The largest absolute Gasteiger partial charge is 0.487 e. The molecule has 1 amide bonds. The Balaban J connectivity index is 1.06. The topological polar surface area (TPSA) is 44.8 Å². The molecule has 3 aromatic carbocycles. The molecule has 2 fully saturated rings. The van der Waals surface area contributed by atoms with Gasteiger partial charge in [-0.05, 0) is 79.3 Å². The van der Waals surface area contributed by atoms with E-state index in [1.54, 1.807) is 12.1 Å². The first-order valence-corrected chi connectivity index (χ1v) is 14.1. The van der Waals surface area contributed by atoms with Crippen molar-refractivity contribution >= 4 is 17.5 Å². The fourth-order valence-corrected chi connectivity index (χ4v) is 5.48. The molecular weight excluding hydrogens is 539 g/mol. The molecule has 40 heavy (non-hydrogen) atoms. The van der Waals surface area contributed by atoms with Crippen molar-refractivity contribution in [2.45, 2.75) is 50.9 Å². The number of nitrogens with zero attached hydrogens (tertiary/aromatic N) is 2. The van der Waals surface area contributed by atoms with Gasteiger partial charge in [-0.1, -0.05) is 29.8 Å². The maximum absolute atomic E-state index is 14.9. The van der Waals surface area contributed by atoms with Crippen LogP contribution < -0.4 is 10.1 Å². The summed E-state index contributed by atoms with van der Waals surface area (Å²) >= 11 is 5.97. The van der Waals surface area contributed by atoms with Crippen molar-refractivity contribution in [2.24, 2.45) is 0 Å². The average molecular weight is 572 g/mol. The molecule has 2 saturated heterocycles. The van der Waals surface area contributed by atoms with E-state index in [9.17, 15) is 18.0 Å². The Bertz CT molecular complexity index is 1310. The molecule has 0 unspecified atom stereocenters. The Kier molecular flexibility index (Phi) is 9.29. The number of hydrogen-bond donors (Lipinski definition) is 1. The number of halogens is 4. The Hall–Kier alpha value is -3.07. The van der Waals surface area contributed by atoms with E-state index in [-0.39, 0.29) is 29.4 Å². The molecule has 0 bridgehead atoms. The highest BCUT2D eigenvalue weighted by Gasteiger charge is 2.24. The van der Waals surface area contributed by atoms with Crippen LogP contribution >= 0.6 is 11.6 Å². The lowest BCUT2D eigenvalue weighted by atomic mass is 10.0. The Morgan fingerprint density at radius 2 is 1.40 bits per heavy atom. The van der Waals surface area contributed by atoms with E-state index in [1.807, 2.05) is 24.3 Å². The van der Waals surface area contributed by atoms with Gasteiger partial charge >= 0.3 is 0 Å². The molecule has 0 aliphatic carbocycles. The van der Waals surface area contributed by atoms with Gasteiger partial charge < -0.3 is 10.1 Å². The molecule has 0 atom stereocenters. The molecule has 5 nitrogen and oxygen atoms in total. The highest BCUT2D eigenvalue weighted by atomic mass is 35.5. The average Bonchev–Trinajstić information content (AvgIpc) is 2.95. The van der Waals surface area contributed by atoms with E-state index < -0.39 is 17.5 Å². The zero-order valence-electron chi connectivity index (χ0n) is 22.2. The van der Waals surface area contributed by atoms with Gasteiger partial charge in [-0.3, -0.25) is 14.6 Å². The SMILES string of the molecule is O=C(NC1CCN(Cc2ccc(Cl)cc2)CC1)c1ccc(OC2CCN(Cc3ccc(F)c(F)c3)CC2)c(F)c1. The van der Waals surface area contributed by atoms with Gasteiger partial charge in [0.1, 0.15) is 6.10 Å². The van der Waals surface area contributed by atoms with Crippen molar-refractivity contribution in [3.8, 4) is 5.75 Å². The van der Waals surface area contributed by atoms with E-state index in [0.29, 0.717) is 38.0 Å². The summed E-state index contributed by atoms with van der Waals surface area (Å²) in [5.41, 5.74) is 2.19. The molecule has 0 spiro atoms. The molecule has 1 N–H and O–H groups in total. The summed E-state index contributed by atoms with van der Waals surface area (Å²) in [6, 6.07) is 16.2. The number of benzene rings is 3. The Morgan fingerprint density at radius 3 is 2.05 bits per heavy atom. The minimum atomic E-state index is -0.854. The molecule has 2 heterocycles. The number of rotatable bonds is 8. The van der Waals surface area contributed by atoms with Gasteiger partial charge in [0, 0.05) is 55.9 Å². The van der Waals surface area contributed by atoms with E-state index in [0.717, 1.165) is 43.6 Å². The fourth-order valence-electron chi connectivity index (χ4n) is 5.35. The van der Waals surface area contributed by atoms with Crippen LogP contribution in [-0.2, 0) is 13.1 Å². The molecule has 212 valence electrons. The fraction of sp³-hybridized carbons (Fsp3) is 0.387. The van der Waals surface area contributed by atoms with Crippen molar-refractivity contribution in [3.63, 3.8) is 0 Å². The molecular formula is C31H33ClF3N3O2. The standard InChI is InChI=1S/C31H33ClF3N3O2/c32-24-5-1-21(2-6-24)19-37-13-9-25(10-14-37)36-31(39)23-4-8-30(29(35)18-23)40-26-11-15-38(16-12-26)20-22-3-7-27(33)28(34)17-22/h1-8,17-18,25-26H,9-16,19-20H2,(H,36,39). The van der Waals surface area contributed by atoms with Gasteiger partial charge in [-0.2, -0.15) is 0 Å². The summed E-state index contributed by atoms with van der Waals surface area (Å²) in [5.74, 6) is -2.42. The maximum atomic E-state index is 14.9. The molecule has 5 rings (SSSR count). The predicted octanol–water partition coefficient (Wildman–Crippen LogP) is 6.20. The summed E-state index contributed by atoms with van der Waals surface area (Å²) in [5, 5.41) is 3.77. The molecule has 0 aromatic heterocycles. The van der Waals surface area contributed by atoms with E-state index in [1.165, 1.54) is 23.8 Å². The second kappa shape index (κ2) is 13.1. The highest BCUT2D eigenvalue weighted by Crippen LogP contribution is 2.25. The third kappa shape index (κ3) is 7.56. The van der Waals surface area contributed by atoms with E-state index >= 15 is 0 Å². The second-order valence-electron chi connectivity index (χ2n) is 10.6. The minimum absolute atomic E-state index is 0.0459. The highest BCUT2D eigenvalue weighted by molar-refractivity contribution is 6.30. The number of likely N-dealkylation sites (tertiary alicyclic amines) is 2. The van der Waals surface area contributed by atoms with Gasteiger partial charge in [-0.15, -0.1) is 0 Å². The third-order valence-electron chi connectivity index (χ3n) is 7.65. The Morgan fingerprint density at radius 1 is 0.775 bits per heavy atom. The summed E-state index contributed by atoms with van der Waals surface area (Å²) in [7, 11) is 0. The van der Waals surface area contributed by atoms with Crippen molar-refractivity contribution in [2.75, 3.05) is 26.2 Å². The normalized spacial score (nSPS) is 17.6. The van der Waals surface area contributed by atoms with E-state index in [2.05, 4.69) is 15.1 Å². The predicted molar refractivity (Wildman–Crippen MR) is 149 cm³/mol. The van der Waals surface area contributed by atoms with Gasteiger partial charge in [0.2, 0.25) is 0 Å². The molecule has 2 aliphatic rings. The lowest BCUT2D eigenvalue weighted by molar-refractivity contribution is 0.0904. The first-order valence-electron chi connectivity index (χ1n) is 13.7. The molecule has 3 aromatic rings. The number of carbonyl (C=O) groups excluding carboxylic acids is 1. The summed E-state index contributed by atoms with van der Waals surface area (Å²) in [6.45, 7) is 4.50. The van der Waals surface area contributed by atoms with Crippen molar-refractivity contribution in [3.05, 3.63) is 99.8 Å². The van der Waals surface area contributed by atoms with Crippen LogP contribution in [0.4, 0.5) is 13.2 Å². The van der Waals surface area contributed by atoms with Crippen LogP contribution in [0.1, 0.15) is 47.2 Å². The van der Waals surface area contributed by atoms with Crippen LogP contribution in [0, 0.1) is 17.5 Å². The first-order chi connectivity index (χ1) is 19.3. The van der Waals surface area contributed by atoms with Gasteiger partial charge in [0.25, 0.3) is 5.91 Å². The molecule has 0 saturated carbocycles. The third-order valence-corrected chi connectivity index (χ3v) is 7.91. The van der Waals surface area contributed by atoms with Crippen LogP contribution in [0.2, 0.25) is 5.02 Å². The number of nitrogens with one attached hydrogen (secondary N) is 1. The van der Waals surface area contributed by atoms with Crippen LogP contribution in [0.25, 0.3) is 0 Å². The van der Waals surface area contributed by atoms with Crippen molar-refractivity contribution in [1.82, 2.24) is 15.1 Å². The first kappa shape index (κ1) is 28.5. The van der Waals surface area contributed by atoms with Crippen LogP contribution in [0.3, 0.4) is 0 Å². The number of piperidine rings is 2. The quantitative estimate of drug-likeness (QED) is 0.350. The van der Waals surface area contributed by atoms with Gasteiger partial charge in [0.15, 0.2) is 23.2 Å². The van der Waals surface area contributed by atoms with Gasteiger partial charge in [0.05, 0.1) is 0 Å². The smallest absolute Gasteiger partial charge is 0.251 e. The van der Waals surface area contributed by atoms with Gasteiger partial charge in [-0.25, -0.2) is 13.2 Å².